The minimum Gasteiger partial charge on any atom is -0.493 e. The molecule has 0 fully saturated rings. The van der Waals surface area contributed by atoms with Crippen LogP contribution in [0, 0.1) is 0 Å². The number of hydrogen-bond donors (Lipinski definition) is 1. The molecule has 1 N–H and O–H groups in total. The van der Waals surface area contributed by atoms with Crippen LogP contribution in [0.4, 0.5) is 5.82 Å². The van der Waals surface area contributed by atoms with Crippen LogP contribution in [0.3, 0.4) is 0 Å². The molecule has 0 aliphatic heterocycles. The maximum atomic E-state index is 5.24. The Morgan fingerprint density at radius 1 is 1.35 bits per heavy atom. The predicted octanol–water partition coefficient (Wildman–Crippen LogP) is 2.23. The lowest BCUT2D eigenvalue weighted by Crippen LogP contribution is -2.29. The average Bonchev–Trinajstić information content (AvgIpc) is 2.38. The molecule has 96 valence electrons. The summed E-state index contributed by atoms with van der Waals surface area (Å²) in [5.41, 5.74) is 0. The van der Waals surface area contributed by atoms with Crippen molar-refractivity contribution in [3.63, 3.8) is 0 Å². The van der Waals surface area contributed by atoms with Gasteiger partial charge in [-0.25, -0.2) is 4.98 Å². The minimum absolute atomic E-state index is 0.797. The first-order chi connectivity index (χ1) is 8.31. The molecule has 0 aromatic carbocycles. The highest BCUT2D eigenvalue weighted by Crippen LogP contribution is 2.19. The topological polar surface area (TPSA) is 37.4 Å². The number of ether oxygens (including phenoxy) is 1. The Hall–Kier alpha value is -1.29. The monoisotopic (exact) mass is 237 g/mol. The molecule has 0 saturated heterocycles. The standard InChI is InChI=1S/C13H23N3O/c1-4-10-16(5-2)11-9-15-13-12(17-3)7-6-8-14-13/h6-8H,4-5,9-11H2,1-3H3,(H,14,15). The summed E-state index contributed by atoms with van der Waals surface area (Å²) < 4.78 is 5.24. The molecule has 4 heteroatoms. The molecule has 0 spiro atoms. The van der Waals surface area contributed by atoms with Gasteiger partial charge < -0.3 is 15.0 Å². The van der Waals surface area contributed by atoms with E-state index in [-0.39, 0.29) is 0 Å². The summed E-state index contributed by atoms with van der Waals surface area (Å²) >= 11 is 0. The van der Waals surface area contributed by atoms with E-state index in [4.69, 9.17) is 4.74 Å². The van der Waals surface area contributed by atoms with Gasteiger partial charge in [-0.1, -0.05) is 13.8 Å². The fourth-order valence-electron chi connectivity index (χ4n) is 1.76. The Morgan fingerprint density at radius 3 is 2.82 bits per heavy atom. The van der Waals surface area contributed by atoms with E-state index in [1.165, 1.54) is 6.42 Å². The van der Waals surface area contributed by atoms with Crippen molar-refractivity contribution in [2.24, 2.45) is 0 Å². The van der Waals surface area contributed by atoms with E-state index in [2.05, 4.69) is 29.0 Å². The minimum atomic E-state index is 0.797. The molecule has 0 aliphatic carbocycles. The van der Waals surface area contributed by atoms with Gasteiger partial charge in [0, 0.05) is 19.3 Å². The van der Waals surface area contributed by atoms with Gasteiger partial charge in [0.05, 0.1) is 7.11 Å². The first-order valence-corrected chi connectivity index (χ1v) is 6.27. The number of aromatic nitrogens is 1. The first kappa shape index (κ1) is 13.8. The highest BCUT2D eigenvalue weighted by molar-refractivity contribution is 5.49. The molecule has 0 unspecified atom stereocenters. The lowest BCUT2D eigenvalue weighted by molar-refractivity contribution is 0.299. The maximum Gasteiger partial charge on any atom is 0.168 e. The van der Waals surface area contributed by atoms with Crippen LogP contribution in [-0.2, 0) is 0 Å². The fraction of sp³-hybridized carbons (Fsp3) is 0.615. The zero-order chi connectivity index (χ0) is 12.5. The van der Waals surface area contributed by atoms with Crippen LogP contribution in [-0.4, -0.2) is 43.2 Å². The van der Waals surface area contributed by atoms with E-state index in [0.29, 0.717) is 0 Å². The Bertz CT molecular complexity index is 317. The molecular weight excluding hydrogens is 214 g/mol. The molecule has 1 rings (SSSR count). The third-order valence-electron chi connectivity index (χ3n) is 2.70. The largest absolute Gasteiger partial charge is 0.493 e. The lowest BCUT2D eigenvalue weighted by Gasteiger charge is -2.20. The zero-order valence-corrected chi connectivity index (χ0v) is 11.1. The Morgan fingerprint density at radius 2 is 2.18 bits per heavy atom. The van der Waals surface area contributed by atoms with Crippen molar-refractivity contribution in [1.29, 1.82) is 0 Å². The number of nitrogens with zero attached hydrogens (tertiary/aromatic N) is 2. The maximum absolute atomic E-state index is 5.24. The van der Waals surface area contributed by atoms with Gasteiger partial charge in [-0.2, -0.15) is 0 Å². The summed E-state index contributed by atoms with van der Waals surface area (Å²) in [6.07, 6.45) is 2.97. The number of anilines is 1. The van der Waals surface area contributed by atoms with Crippen LogP contribution in [0.15, 0.2) is 18.3 Å². The molecule has 0 radical (unpaired) electrons. The van der Waals surface area contributed by atoms with E-state index >= 15 is 0 Å². The molecular formula is C13H23N3O. The molecule has 4 nitrogen and oxygen atoms in total. The highest BCUT2D eigenvalue weighted by atomic mass is 16.5. The normalized spacial score (nSPS) is 10.6. The highest BCUT2D eigenvalue weighted by Gasteiger charge is 2.04. The Labute approximate surface area is 104 Å². The van der Waals surface area contributed by atoms with E-state index in [1.54, 1.807) is 13.3 Å². The molecule has 0 aliphatic rings. The van der Waals surface area contributed by atoms with Gasteiger partial charge in [-0.05, 0) is 31.6 Å². The first-order valence-electron chi connectivity index (χ1n) is 6.27. The second kappa shape index (κ2) is 7.90. The van der Waals surface area contributed by atoms with Gasteiger partial charge in [0.15, 0.2) is 11.6 Å². The average molecular weight is 237 g/mol. The van der Waals surface area contributed by atoms with Crippen LogP contribution in [0.5, 0.6) is 5.75 Å². The summed E-state index contributed by atoms with van der Waals surface area (Å²) in [7, 11) is 1.66. The second-order valence-electron chi connectivity index (χ2n) is 3.92. The molecule has 0 amide bonds. The van der Waals surface area contributed by atoms with Crippen molar-refractivity contribution in [3.05, 3.63) is 18.3 Å². The van der Waals surface area contributed by atoms with Crippen LogP contribution in [0.1, 0.15) is 20.3 Å². The van der Waals surface area contributed by atoms with Crippen LogP contribution in [0.2, 0.25) is 0 Å². The number of pyridine rings is 1. The van der Waals surface area contributed by atoms with Crippen molar-refractivity contribution >= 4 is 5.82 Å². The van der Waals surface area contributed by atoms with Crippen molar-refractivity contribution in [3.8, 4) is 5.75 Å². The summed E-state index contributed by atoms with van der Waals surface area (Å²) in [5.74, 6) is 1.62. The molecule has 1 aromatic rings. The van der Waals surface area contributed by atoms with Gasteiger partial charge in [0.2, 0.25) is 0 Å². The SMILES string of the molecule is CCCN(CC)CCNc1ncccc1OC. The third-order valence-corrected chi connectivity index (χ3v) is 2.70. The molecule has 1 aromatic heterocycles. The number of nitrogens with one attached hydrogen (secondary N) is 1. The smallest absolute Gasteiger partial charge is 0.168 e. The summed E-state index contributed by atoms with van der Waals surface area (Å²) in [4.78, 5) is 6.68. The van der Waals surface area contributed by atoms with E-state index in [1.807, 2.05) is 12.1 Å². The van der Waals surface area contributed by atoms with E-state index in [0.717, 1.165) is 37.7 Å². The van der Waals surface area contributed by atoms with Crippen molar-refractivity contribution in [2.75, 3.05) is 38.6 Å². The molecule has 0 bridgehead atoms. The number of likely N-dealkylation sites (N-methyl/N-ethyl adjacent to an activating group) is 1. The zero-order valence-electron chi connectivity index (χ0n) is 11.1. The van der Waals surface area contributed by atoms with Gasteiger partial charge in [0.1, 0.15) is 0 Å². The molecule has 0 atom stereocenters. The Kier molecular flexibility index (Phi) is 6.40. The quantitative estimate of drug-likeness (QED) is 0.752. The fourth-order valence-corrected chi connectivity index (χ4v) is 1.76. The van der Waals surface area contributed by atoms with E-state index < -0.39 is 0 Å². The predicted molar refractivity (Wildman–Crippen MR) is 71.7 cm³/mol. The van der Waals surface area contributed by atoms with Crippen LogP contribution in [0.25, 0.3) is 0 Å². The third kappa shape index (κ3) is 4.61. The van der Waals surface area contributed by atoms with Crippen LogP contribution < -0.4 is 10.1 Å². The summed E-state index contributed by atoms with van der Waals surface area (Å²) in [6, 6.07) is 3.79. The van der Waals surface area contributed by atoms with Crippen molar-refractivity contribution < 1.29 is 4.74 Å². The van der Waals surface area contributed by atoms with Gasteiger partial charge in [0.25, 0.3) is 0 Å². The van der Waals surface area contributed by atoms with Gasteiger partial charge >= 0.3 is 0 Å². The van der Waals surface area contributed by atoms with Crippen LogP contribution >= 0.6 is 0 Å². The second-order valence-corrected chi connectivity index (χ2v) is 3.92. The number of hydrogen-bond acceptors (Lipinski definition) is 4. The van der Waals surface area contributed by atoms with Crippen molar-refractivity contribution in [2.45, 2.75) is 20.3 Å². The molecule has 1 heterocycles. The molecule has 17 heavy (non-hydrogen) atoms. The number of rotatable bonds is 8. The molecule has 0 saturated carbocycles. The van der Waals surface area contributed by atoms with Crippen molar-refractivity contribution in [1.82, 2.24) is 9.88 Å². The summed E-state index contributed by atoms with van der Waals surface area (Å²) in [5, 5.41) is 3.31. The lowest BCUT2D eigenvalue weighted by atomic mass is 10.4. The van der Waals surface area contributed by atoms with Gasteiger partial charge in [-0.15, -0.1) is 0 Å². The summed E-state index contributed by atoms with van der Waals surface area (Å²) in [6.45, 7) is 8.56. The number of methoxy groups -OCH3 is 1. The van der Waals surface area contributed by atoms with Gasteiger partial charge in [-0.3, -0.25) is 0 Å². The van der Waals surface area contributed by atoms with E-state index in [9.17, 15) is 0 Å². The Balaban J connectivity index is 2.39.